The monoisotopic (exact) mass is 300 g/mol. The van der Waals surface area contributed by atoms with Gasteiger partial charge in [-0.1, -0.05) is 17.3 Å². The first-order valence-electron chi connectivity index (χ1n) is 6.80. The summed E-state index contributed by atoms with van der Waals surface area (Å²) >= 11 is 0. The molecule has 6 nitrogen and oxygen atoms in total. The van der Waals surface area contributed by atoms with E-state index < -0.39 is 4.92 Å². The molecule has 0 aliphatic carbocycles. The SMILES string of the molecule is CCOc1ccc(/C=N\OCc2cccc([N+](=O)[O-])c2)cc1. The molecule has 0 atom stereocenters. The molecule has 0 aromatic heterocycles. The fourth-order valence-corrected chi connectivity index (χ4v) is 1.79. The Hall–Kier alpha value is -2.89. The topological polar surface area (TPSA) is 74.0 Å². The highest BCUT2D eigenvalue weighted by Gasteiger charge is 2.05. The van der Waals surface area contributed by atoms with Crippen LogP contribution in [0.1, 0.15) is 18.1 Å². The maximum atomic E-state index is 10.7. The maximum absolute atomic E-state index is 10.7. The Balaban J connectivity index is 1.87. The molecule has 0 N–H and O–H groups in total. The van der Waals surface area contributed by atoms with Crippen LogP contribution in [0.15, 0.2) is 53.7 Å². The van der Waals surface area contributed by atoms with E-state index in [2.05, 4.69) is 5.16 Å². The molecule has 0 spiro atoms. The summed E-state index contributed by atoms with van der Waals surface area (Å²) in [5.74, 6) is 0.803. The van der Waals surface area contributed by atoms with Gasteiger partial charge in [-0.15, -0.1) is 0 Å². The van der Waals surface area contributed by atoms with Crippen molar-refractivity contribution in [3.8, 4) is 5.75 Å². The number of hydrogen-bond donors (Lipinski definition) is 0. The van der Waals surface area contributed by atoms with E-state index >= 15 is 0 Å². The van der Waals surface area contributed by atoms with Crippen LogP contribution in [-0.2, 0) is 11.4 Å². The first-order chi connectivity index (χ1) is 10.7. The number of nitro groups is 1. The van der Waals surface area contributed by atoms with E-state index in [9.17, 15) is 10.1 Å². The Kier molecular flexibility index (Phi) is 5.48. The van der Waals surface area contributed by atoms with E-state index in [1.807, 2.05) is 31.2 Å². The zero-order valence-electron chi connectivity index (χ0n) is 12.1. The summed E-state index contributed by atoms with van der Waals surface area (Å²) in [6, 6.07) is 13.7. The molecule has 0 heterocycles. The van der Waals surface area contributed by atoms with Gasteiger partial charge in [0.2, 0.25) is 0 Å². The Morgan fingerprint density at radius 2 is 2.00 bits per heavy atom. The van der Waals surface area contributed by atoms with Gasteiger partial charge in [-0.05, 0) is 42.3 Å². The standard InChI is InChI=1S/C16H16N2O4/c1-2-21-16-8-6-13(7-9-16)11-17-22-12-14-4-3-5-15(10-14)18(19)20/h3-11H,2,12H2,1H3/b17-11-. The van der Waals surface area contributed by atoms with Crippen molar-refractivity contribution < 1.29 is 14.5 Å². The van der Waals surface area contributed by atoms with Gasteiger partial charge in [-0.3, -0.25) is 10.1 Å². The van der Waals surface area contributed by atoms with Crippen LogP contribution in [0.5, 0.6) is 5.75 Å². The van der Waals surface area contributed by atoms with Crippen molar-refractivity contribution in [3.63, 3.8) is 0 Å². The van der Waals surface area contributed by atoms with Crippen LogP contribution >= 0.6 is 0 Å². The second-order valence-corrected chi connectivity index (χ2v) is 4.44. The highest BCUT2D eigenvalue weighted by atomic mass is 16.6. The molecule has 0 saturated carbocycles. The lowest BCUT2D eigenvalue weighted by atomic mass is 10.2. The lowest BCUT2D eigenvalue weighted by molar-refractivity contribution is -0.384. The molecule has 0 unspecified atom stereocenters. The average Bonchev–Trinajstić information content (AvgIpc) is 2.54. The zero-order chi connectivity index (χ0) is 15.8. The number of hydrogen-bond acceptors (Lipinski definition) is 5. The van der Waals surface area contributed by atoms with Crippen molar-refractivity contribution >= 4 is 11.9 Å². The predicted octanol–water partition coefficient (Wildman–Crippen LogP) is 3.54. The summed E-state index contributed by atoms with van der Waals surface area (Å²) < 4.78 is 5.34. The van der Waals surface area contributed by atoms with Crippen LogP contribution in [0.4, 0.5) is 5.69 Å². The smallest absolute Gasteiger partial charge is 0.269 e. The molecule has 6 heteroatoms. The molecule has 0 bridgehead atoms. The second-order valence-electron chi connectivity index (χ2n) is 4.44. The molecule has 2 rings (SSSR count). The molecule has 22 heavy (non-hydrogen) atoms. The fraction of sp³-hybridized carbons (Fsp3) is 0.188. The third-order valence-corrected chi connectivity index (χ3v) is 2.82. The molecule has 0 aliphatic heterocycles. The maximum Gasteiger partial charge on any atom is 0.269 e. The van der Waals surface area contributed by atoms with Crippen LogP contribution in [0.25, 0.3) is 0 Å². The van der Waals surface area contributed by atoms with Crippen molar-refractivity contribution in [2.24, 2.45) is 5.16 Å². The van der Waals surface area contributed by atoms with Gasteiger partial charge < -0.3 is 9.57 Å². The first kappa shape index (κ1) is 15.5. The van der Waals surface area contributed by atoms with Gasteiger partial charge in [0.1, 0.15) is 12.4 Å². The Bertz CT molecular complexity index is 653. The number of ether oxygens (including phenoxy) is 1. The van der Waals surface area contributed by atoms with Crippen molar-refractivity contribution in [1.82, 2.24) is 0 Å². The normalized spacial score (nSPS) is 10.6. The third kappa shape index (κ3) is 4.59. The summed E-state index contributed by atoms with van der Waals surface area (Å²) in [6.45, 7) is 2.73. The van der Waals surface area contributed by atoms with Gasteiger partial charge in [0.05, 0.1) is 17.7 Å². The van der Waals surface area contributed by atoms with Gasteiger partial charge in [-0.2, -0.15) is 0 Å². The Labute approximate surface area is 128 Å². The average molecular weight is 300 g/mol. The fourth-order valence-electron chi connectivity index (χ4n) is 1.79. The molecule has 2 aromatic rings. The first-order valence-corrected chi connectivity index (χ1v) is 6.80. The third-order valence-electron chi connectivity index (χ3n) is 2.82. The number of benzene rings is 2. The second kappa shape index (κ2) is 7.78. The molecular formula is C16H16N2O4. The summed E-state index contributed by atoms with van der Waals surface area (Å²) in [6.07, 6.45) is 1.58. The van der Waals surface area contributed by atoms with Gasteiger partial charge in [0.25, 0.3) is 5.69 Å². The van der Waals surface area contributed by atoms with Crippen LogP contribution in [0, 0.1) is 10.1 Å². The lowest BCUT2D eigenvalue weighted by Crippen LogP contribution is -1.93. The summed E-state index contributed by atoms with van der Waals surface area (Å²) in [5.41, 5.74) is 1.61. The Morgan fingerprint density at radius 3 is 2.68 bits per heavy atom. The van der Waals surface area contributed by atoms with Gasteiger partial charge >= 0.3 is 0 Å². The summed E-state index contributed by atoms with van der Waals surface area (Å²) in [4.78, 5) is 15.4. The van der Waals surface area contributed by atoms with Crippen LogP contribution in [-0.4, -0.2) is 17.7 Å². The van der Waals surface area contributed by atoms with Gasteiger partial charge in [0.15, 0.2) is 0 Å². The van der Waals surface area contributed by atoms with Crippen LogP contribution in [0.3, 0.4) is 0 Å². The predicted molar refractivity (Wildman–Crippen MR) is 83.1 cm³/mol. The van der Waals surface area contributed by atoms with E-state index in [1.54, 1.807) is 18.3 Å². The molecule has 2 aromatic carbocycles. The van der Waals surface area contributed by atoms with Gasteiger partial charge in [-0.25, -0.2) is 0 Å². The van der Waals surface area contributed by atoms with E-state index in [0.29, 0.717) is 12.2 Å². The zero-order valence-corrected chi connectivity index (χ0v) is 12.1. The van der Waals surface area contributed by atoms with Crippen molar-refractivity contribution in [2.45, 2.75) is 13.5 Å². The van der Waals surface area contributed by atoms with E-state index in [1.165, 1.54) is 12.1 Å². The number of non-ortho nitro benzene ring substituents is 1. The molecular weight excluding hydrogens is 284 g/mol. The minimum absolute atomic E-state index is 0.0385. The Morgan fingerprint density at radius 1 is 1.23 bits per heavy atom. The molecule has 0 saturated heterocycles. The van der Waals surface area contributed by atoms with Crippen molar-refractivity contribution in [3.05, 3.63) is 69.8 Å². The molecule has 114 valence electrons. The number of rotatable bonds is 7. The van der Waals surface area contributed by atoms with Crippen molar-refractivity contribution in [2.75, 3.05) is 6.61 Å². The molecule has 0 radical (unpaired) electrons. The van der Waals surface area contributed by atoms with E-state index in [0.717, 1.165) is 11.3 Å². The van der Waals surface area contributed by atoms with E-state index in [4.69, 9.17) is 9.57 Å². The van der Waals surface area contributed by atoms with Crippen LogP contribution in [0.2, 0.25) is 0 Å². The number of nitro benzene ring substituents is 1. The highest BCUT2D eigenvalue weighted by Crippen LogP contribution is 2.14. The van der Waals surface area contributed by atoms with Gasteiger partial charge in [0, 0.05) is 12.1 Å². The molecule has 0 aliphatic rings. The quantitative estimate of drug-likeness (QED) is 0.445. The largest absolute Gasteiger partial charge is 0.494 e. The van der Waals surface area contributed by atoms with E-state index in [-0.39, 0.29) is 12.3 Å². The number of oxime groups is 1. The highest BCUT2D eigenvalue weighted by molar-refractivity contribution is 5.79. The lowest BCUT2D eigenvalue weighted by Gasteiger charge is -2.02. The minimum Gasteiger partial charge on any atom is -0.494 e. The van der Waals surface area contributed by atoms with Crippen molar-refractivity contribution in [1.29, 1.82) is 0 Å². The minimum atomic E-state index is -0.438. The molecule has 0 fully saturated rings. The molecule has 0 amide bonds. The number of nitrogens with zero attached hydrogens (tertiary/aromatic N) is 2. The van der Waals surface area contributed by atoms with Crippen LogP contribution < -0.4 is 4.74 Å². The summed E-state index contributed by atoms with van der Waals surface area (Å²) in [5, 5.41) is 14.5. The summed E-state index contributed by atoms with van der Waals surface area (Å²) in [7, 11) is 0.